The molecule has 0 bridgehead atoms. The van der Waals surface area contributed by atoms with Gasteiger partial charge in [-0.25, -0.2) is 4.39 Å². The molecule has 25 heavy (non-hydrogen) atoms. The quantitative estimate of drug-likeness (QED) is 0.340. The van der Waals surface area contributed by atoms with E-state index in [0.717, 1.165) is 31.1 Å². The minimum absolute atomic E-state index is 0.208. The number of rotatable bonds is 8. The molecule has 0 amide bonds. The molecule has 0 radical (unpaired) electrons. The van der Waals surface area contributed by atoms with Crippen molar-refractivity contribution < 1.29 is 13.9 Å². The van der Waals surface area contributed by atoms with E-state index in [0.29, 0.717) is 12.5 Å². The van der Waals surface area contributed by atoms with Crippen molar-refractivity contribution in [1.82, 2.24) is 4.57 Å². The molecule has 1 heterocycles. The first kappa shape index (κ1) is 18.7. The minimum atomic E-state index is -1.97. The molecule has 0 saturated heterocycles. The normalized spacial score (nSPS) is 26.6. The van der Waals surface area contributed by atoms with Crippen molar-refractivity contribution in [2.75, 3.05) is 6.61 Å². The van der Waals surface area contributed by atoms with Gasteiger partial charge in [0, 0.05) is 27.1 Å². The highest BCUT2D eigenvalue weighted by molar-refractivity contribution is 6.76. The Balaban J connectivity index is 1.64. The topological polar surface area (TPSA) is 23.4 Å². The summed E-state index contributed by atoms with van der Waals surface area (Å²) < 4.78 is 28.5. The van der Waals surface area contributed by atoms with Crippen LogP contribution in [0.3, 0.4) is 0 Å². The maximum absolute atomic E-state index is 14.9. The number of nitrogens with zero attached hydrogens (tertiary/aromatic N) is 1. The molecule has 0 aromatic carbocycles. The maximum Gasteiger partial charge on any atom is 0.216 e. The summed E-state index contributed by atoms with van der Waals surface area (Å²) >= 11 is 6.15. The minimum Gasteiger partial charge on any atom is -0.494 e. The summed E-state index contributed by atoms with van der Waals surface area (Å²) in [5.41, 5.74) is 0.808. The lowest BCUT2D eigenvalue weighted by Gasteiger charge is -2.30. The van der Waals surface area contributed by atoms with Crippen LogP contribution in [0, 0.1) is 0 Å². The van der Waals surface area contributed by atoms with Crippen LogP contribution in [0.25, 0.3) is 0 Å². The van der Waals surface area contributed by atoms with Gasteiger partial charge in [0.25, 0.3) is 0 Å². The van der Waals surface area contributed by atoms with Gasteiger partial charge in [-0.3, -0.25) is 0 Å². The lowest BCUT2D eigenvalue weighted by molar-refractivity contribution is 0.0872. The van der Waals surface area contributed by atoms with Gasteiger partial charge in [0.1, 0.15) is 12.5 Å². The first-order valence-corrected chi connectivity index (χ1v) is 13.0. The highest BCUT2D eigenvalue weighted by Gasteiger charge is 2.43. The predicted molar refractivity (Wildman–Crippen MR) is 102 cm³/mol. The van der Waals surface area contributed by atoms with Gasteiger partial charge in [-0.1, -0.05) is 37.3 Å². The second kappa shape index (κ2) is 7.29. The Morgan fingerprint density at radius 3 is 2.80 bits per heavy atom. The molecule has 0 spiro atoms. The van der Waals surface area contributed by atoms with Crippen molar-refractivity contribution in [3.8, 4) is 0 Å². The molecular formula is C19H27ClFNO2Si. The van der Waals surface area contributed by atoms with Crippen molar-refractivity contribution in [2.24, 2.45) is 0 Å². The Hall–Kier alpha value is -1.04. The summed E-state index contributed by atoms with van der Waals surface area (Å²) in [5.74, 6) is -0.0112. The van der Waals surface area contributed by atoms with Crippen LogP contribution in [-0.2, 0) is 16.2 Å². The van der Waals surface area contributed by atoms with Gasteiger partial charge in [0.05, 0.1) is 12.0 Å². The lowest BCUT2D eigenvalue weighted by atomic mass is 9.90. The Morgan fingerprint density at radius 2 is 2.12 bits per heavy atom. The first-order chi connectivity index (χ1) is 11.7. The molecule has 3 rings (SSSR count). The predicted octanol–water partition coefficient (Wildman–Crippen LogP) is 5.42. The third-order valence-electron chi connectivity index (χ3n) is 4.42. The Labute approximate surface area is 155 Å². The highest BCUT2D eigenvalue weighted by atomic mass is 35.5. The van der Waals surface area contributed by atoms with Gasteiger partial charge in [-0.15, -0.1) is 0 Å². The fraction of sp³-hybridized carbons (Fsp3) is 0.579. The van der Waals surface area contributed by atoms with E-state index in [1.807, 2.05) is 29.1 Å². The molecule has 1 aromatic heterocycles. The molecule has 2 aliphatic rings. The van der Waals surface area contributed by atoms with E-state index in [1.165, 1.54) is 6.08 Å². The number of alkyl halides is 2. The Bertz CT molecular complexity index is 659. The lowest BCUT2D eigenvalue weighted by Crippen LogP contribution is -2.27. The van der Waals surface area contributed by atoms with Crippen LogP contribution in [0.1, 0.15) is 24.3 Å². The van der Waals surface area contributed by atoms with Gasteiger partial charge in [-0.2, -0.15) is 0 Å². The smallest absolute Gasteiger partial charge is 0.216 e. The zero-order valence-corrected chi connectivity index (χ0v) is 16.9. The molecule has 3 nitrogen and oxygen atoms in total. The molecule has 1 saturated carbocycles. The van der Waals surface area contributed by atoms with Crippen molar-refractivity contribution >= 4 is 19.7 Å². The number of hydrogen-bond donors (Lipinski definition) is 0. The molecule has 2 unspecified atom stereocenters. The summed E-state index contributed by atoms with van der Waals surface area (Å²) in [6.07, 6.45) is 10.9. The largest absolute Gasteiger partial charge is 0.494 e. The molecule has 1 aromatic rings. The van der Waals surface area contributed by atoms with Crippen molar-refractivity contribution in [3.05, 3.63) is 48.0 Å². The molecule has 0 N–H and O–H groups in total. The zero-order chi connectivity index (χ0) is 18.1. The SMILES string of the molecule is C[Si](C)(C)CCOCn1ccc(C2C(OC3CC3)=CC=CC2(F)Cl)c1. The van der Waals surface area contributed by atoms with E-state index in [4.69, 9.17) is 21.1 Å². The van der Waals surface area contributed by atoms with E-state index < -0.39 is 19.1 Å². The molecule has 2 atom stereocenters. The average Bonchev–Trinajstić information content (AvgIpc) is 3.19. The van der Waals surface area contributed by atoms with E-state index in [9.17, 15) is 4.39 Å². The summed E-state index contributed by atoms with van der Waals surface area (Å²) in [4.78, 5) is 0. The summed E-state index contributed by atoms with van der Waals surface area (Å²) in [6.45, 7) is 8.21. The Kier molecular flexibility index (Phi) is 5.47. The highest BCUT2D eigenvalue weighted by Crippen LogP contribution is 2.46. The number of halogens is 2. The summed E-state index contributed by atoms with van der Waals surface area (Å²) in [6, 6.07) is 3.03. The van der Waals surface area contributed by atoms with Crippen molar-refractivity contribution in [1.29, 1.82) is 0 Å². The molecule has 2 aliphatic carbocycles. The third kappa shape index (κ3) is 5.22. The zero-order valence-electron chi connectivity index (χ0n) is 15.2. The number of allylic oxidation sites excluding steroid dienone is 4. The molecular weight excluding hydrogens is 357 g/mol. The molecule has 138 valence electrons. The Morgan fingerprint density at radius 1 is 1.36 bits per heavy atom. The van der Waals surface area contributed by atoms with Gasteiger partial charge < -0.3 is 14.0 Å². The van der Waals surface area contributed by atoms with Crippen LogP contribution in [-0.4, -0.2) is 30.5 Å². The van der Waals surface area contributed by atoms with E-state index in [1.54, 1.807) is 6.08 Å². The maximum atomic E-state index is 14.9. The van der Waals surface area contributed by atoms with E-state index in [-0.39, 0.29) is 6.10 Å². The van der Waals surface area contributed by atoms with Gasteiger partial charge in [0.15, 0.2) is 0 Å². The third-order valence-corrected chi connectivity index (χ3v) is 6.47. The average molecular weight is 384 g/mol. The van der Waals surface area contributed by atoms with Crippen LogP contribution in [0.15, 0.2) is 42.4 Å². The molecule has 6 heteroatoms. The van der Waals surface area contributed by atoms with Crippen LogP contribution >= 0.6 is 11.6 Å². The monoisotopic (exact) mass is 383 g/mol. The molecule has 0 aliphatic heterocycles. The number of hydrogen-bond acceptors (Lipinski definition) is 2. The van der Waals surface area contributed by atoms with Gasteiger partial charge in [-0.05, 0) is 42.7 Å². The molecule has 1 fully saturated rings. The standard InChI is InChI=1S/C19H27ClFNO2Si/c1-25(2,3)12-11-23-14-22-10-8-15(13-22)18-17(24-16-6-7-16)5-4-9-19(18,20)21/h4-5,8-10,13,16,18H,6-7,11-12,14H2,1-3H3. The van der Waals surface area contributed by atoms with Gasteiger partial charge >= 0.3 is 0 Å². The number of ether oxygens (including phenoxy) is 2. The van der Waals surface area contributed by atoms with Crippen LogP contribution in [0.2, 0.25) is 25.7 Å². The van der Waals surface area contributed by atoms with Crippen LogP contribution < -0.4 is 0 Å². The second-order valence-corrected chi connectivity index (χ2v) is 14.4. The van der Waals surface area contributed by atoms with Crippen molar-refractivity contribution in [2.45, 2.75) is 62.4 Å². The first-order valence-electron chi connectivity index (χ1n) is 8.92. The fourth-order valence-corrected chi connectivity index (χ4v) is 3.85. The van der Waals surface area contributed by atoms with E-state index >= 15 is 0 Å². The van der Waals surface area contributed by atoms with Crippen LogP contribution in [0.4, 0.5) is 4.39 Å². The van der Waals surface area contributed by atoms with Crippen LogP contribution in [0.5, 0.6) is 0 Å². The summed E-state index contributed by atoms with van der Waals surface area (Å²) in [7, 11) is -1.09. The second-order valence-electron chi connectivity index (χ2n) is 8.16. The van der Waals surface area contributed by atoms with Gasteiger partial charge in [0.2, 0.25) is 5.13 Å². The summed E-state index contributed by atoms with van der Waals surface area (Å²) in [5, 5.41) is -1.97. The van der Waals surface area contributed by atoms with E-state index in [2.05, 4.69) is 19.6 Å². The fourth-order valence-electron chi connectivity index (χ4n) is 2.78. The van der Waals surface area contributed by atoms with Crippen molar-refractivity contribution in [3.63, 3.8) is 0 Å². The number of aromatic nitrogens is 1.